The first-order valence-electron chi connectivity index (χ1n) is 3.17. The number of ether oxygens (including phenoxy) is 1. The number of hydrogen-bond donors (Lipinski definition) is 2. The molecular formula is C6H11NO4. The van der Waals surface area contributed by atoms with Crippen LogP contribution in [0.4, 0.5) is 0 Å². The predicted molar refractivity (Wildman–Crippen MR) is 36.5 cm³/mol. The first-order chi connectivity index (χ1) is 5.07. The molecule has 0 radical (unpaired) electrons. The Morgan fingerprint density at radius 2 is 2.18 bits per heavy atom. The number of hydrogen-bond acceptors (Lipinski definition) is 4. The Bertz CT molecular complexity index is 157. The van der Waals surface area contributed by atoms with Crippen LogP contribution in [0.5, 0.6) is 0 Å². The molecule has 1 saturated heterocycles. The van der Waals surface area contributed by atoms with Crippen molar-refractivity contribution in [3.05, 3.63) is 0 Å². The highest BCUT2D eigenvalue weighted by atomic mass is 16.6. The van der Waals surface area contributed by atoms with Crippen molar-refractivity contribution in [2.24, 2.45) is 5.73 Å². The standard InChI is InChI=1S/C3H7NO2.C3H4O2/c4-3(6)1-2-5;1-2-3(4)5-2/h5H,1-2H2,(H2,4,6);2H,1H3. The van der Waals surface area contributed by atoms with Gasteiger partial charge in [0.25, 0.3) is 0 Å². The van der Waals surface area contributed by atoms with E-state index in [1.54, 1.807) is 6.92 Å². The van der Waals surface area contributed by atoms with Crippen molar-refractivity contribution in [2.45, 2.75) is 19.4 Å². The number of epoxide rings is 1. The smallest absolute Gasteiger partial charge is 0.347 e. The maximum atomic E-state index is 9.66. The van der Waals surface area contributed by atoms with Gasteiger partial charge in [-0.15, -0.1) is 0 Å². The molecular weight excluding hydrogens is 150 g/mol. The molecule has 1 aliphatic rings. The molecule has 0 aromatic carbocycles. The Balaban J connectivity index is 0.000000183. The Hall–Kier alpha value is -1.10. The zero-order chi connectivity index (χ0) is 8.85. The number of aliphatic hydroxyl groups excluding tert-OH is 1. The number of carbonyl (C=O) groups is 2. The molecule has 1 atom stereocenters. The van der Waals surface area contributed by atoms with Crippen molar-refractivity contribution in [3.8, 4) is 0 Å². The second-order valence-corrected chi connectivity index (χ2v) is 2.02. The molecule has 64 valence electrons. The van der Waals surface area contributed by atoms with Crippen LogP contribution in [-0.2, 0) is 14.3 Å². The number of carbonyl (C=O) groups excluding carboxylic acids is 2. The highest BCUT2D eigenvalue weighted by molar-refractivity contribution is 5.86. The van der Waals surface area contributed by atoms with Gasteiger partial charge in [0.2, 0.25) is 5.91 Å². The predicted octanol–water partition coefficient (Wildman–Crippen LogP) is -1.21. The molecule has 1 amide bonds. The van der Waals surface area contributed by atoms with E-state index in [1.807, 2.05) is 0 Å². The zero-order valence-corrected chi connectivity index (χ0v) is 6.24. The molecule has 0 spiro atoms. The highest BCUT2D eigenvalue weighted by Gasteiger charge is 2.31. The molecule has 1 unspecified atom stereocenters. The van der Waals surface area contributed by atoms with Crippen LogP contribution in [0.15, 0.2) is 0 Å². The number of aliphatic hydroxyl groups is 1. The minimum absolute atomic E-state index is 0.0694. The van der Waals surface area contributed by atoms with E-state index in [2.05, 4.69) is 10.5 Å². The summed E-state index contributed by atoms with van der Waals surface area (Å²) >= 11 is 0. The van der Waals surface area contributed by atoms with Crippen molar-refractivity contribution in [3.63, 3.8) is 0 Å². The van der Waals surface area contributed by atoms with Crippen LogP contribution in [0, 0.1) is 0 Å². The second-order valence-electron chi connectivity index (χ2n) is 2.02. The largest absolute Gasteiger partial charge is 0.448 e. The summed E-state index contributed by atoms with van der Waals surface area (Å²) in [6, 6.07) is 0. The molecule has 1 heterocycles. The van der Waals surface area contributed by atoms with Gasteiger partial charge in [0.1, 0.15) is 0 Å². The summed E-state index contributed by atoms with van der Waals surface area (Å²) in [5.41, 5.74) is 4.60. The normalized spacial score (nSPS) is 19.5. The number of cyclic esters (lactones) is 1. The molecule has 0 saturated carbocycles. The van der Waals surface area contributed by atoms with E-state index >= 15 is 0 Å². The van der Waals surface area contributed by atoms with Crippen LogP contribution in [0.1, 0.15) is 13.3 Å². The van der Waals surface area contributed by atoms with Gasteiger partial charge in [0, 0.05) is 6.42 Å². The summed E-state index contributed by atoms with van der Waals surface area (Å²) in [6.07, 6.45) is -0.0185. The lowest BCUT2D eigenvalue weighted by atomic mass is 10.4. The van der Waals surface area contributed by atoms with Crippen molar-refractivity contribution in [1.82, 2.24) is 0 Å². The van der Waals surface area contributed by atoms with Crippen molar-refractivity contribution in [1.29, 1.82) is 0 Å². The summed E-state index contributed by atoms with van der Waals surface area (Å²) in [5.74, 6) is -0.539. The first-order valence-corrected chi connectivity index (χ1v) is 3.17. The maximum absolute atomic E-state index is 9.66. The fourth-order valence-electron chi connectivity index (χ4n) is 0.250. The third kappa shape index (κ3) is 6.79. The third-order valence-corrected chi connectivity index (χ3v) is 0.926. The van der Waals surface area contributed by atoms with E-state index in [4.69, 9.17) is 5.11 Å². The number of rotatable bonds is 2. The average molecular weight is 161 g/mol. The molecule has 5 heteroatoms. The van der Waals surface area contributed by atoms with E-state index in [1.165, 1.54) is 0 Å². The van der Waals surface area contributed by atoms with E-state index in [0.717, 1.165) is 0 Å². The van der Waals surface area contributed by atoms with Gasteiger partial charge in [-0.1, -0.05) is 0 Å². The fraction of sp³-hybridized carbons (Fsp3) is 0.667. The van der Waals surface area contributed by atoms with Crippen molar-refractivity contribution < 1.29 is 19.4 Å². The summed E-state index contributed by atoms with van der Waals surface area (Å²) in [5, 5.41) is 7.94. The lowest BCUT2D eigenvalue weighted by Gasteiger charge is -1.81. The zero-order valence-electron chi connectivity index (χ0n) is 6.24. The monoisotopic (exact) mass is 161 g/mol. The number of amides is 1. The van der Waals surface area contributed by atoms with Gasteiger partial charge in [-0.25, -0.2) is 4.79 Å². The fourth-order valence-corrected chi connectivity index (χ4v) is 0.250. The van der Waals surface area contributed by atoms with Gasteiger partial charge < -0.3 is 15.6 Å². The summed E-state index contributed by atoms with van der Waals surface area (Å²) < 4.78 is 4.28. The quantitative estimate of drug-likeness (QED) is 0.497. The SMILES string of the molecule is CC1OC1=O.NC(=O)CCO. The number of primary amides is 1. The first kappa shape index (κ1) is 9.90. The van der Waals surface area contributed by atoms with Crippen molar-refractivity contribution in [2.75, 3.05) is 6.61 Å². The highest BCUT2D eigenvalue weighted by Crippen LogP contribution is 2.08. The summed E-state index contributed by atoms with van der Waals surface area (Å²) in [6.45, 7) is 1.58. The third-order valence-electron chi connectivity index (χ3n) is 0.926. The molecule has 1 rings (SSSR count). The Labute approximate surface area is 64.1 Å². The van der Waals surface area contributed by atoms with Gasteiger partial charge in [-0.3, -0.25) is 4.79 Å². The number of nitrogens with two attached hydrogens (primary N) is 1. The topological polar surface area (TPSA) is 92.9 Å². The van der Waals surface area contributed by atoms with Crippen LogP contribution in [0.3, 0.4) is 0 Å². The van der Waals surface area contributed by atoms with Crippen LogP contribution < -0.4 is 5.73 Å². The van der Waals surface area contributed by atoms with Gasteiger partial charge in [0.05, 0.1) is 6.61 Å². The minimum Gasteiger partial charge on any atom is -0.448 e. The molecule has 0 aromatic heterocycles. The van der Waals surface area contributed by atoms with Crippen LogP contribution in [0.2, 0.25) is 0 Å². The van der Waals surface area contributed by atoms with E-state index in [0.29, 0.717) is 0 Å². The minimum atomic E-state index is -0.461. The van der Waals surface area contributed by atoms with Crippen LogP contribution in [0.25, 0.3) is 0 Å². The Morgan fingerprint density at radius 1 is 1.82 bits per heavy atom. The maximum Gasteiger partial charge on any atom is 0.347 e. The van der Waals surface area contributed by atoms with Gasteiger partial charge >= 0.3 is 5.97 Å². The van der Waals surface area contributed by atoms with Gasteiger partial charge in [-0.2, -0.15) is 0 Å². The molecule has 1 fully saturated rings. The molecule has 1 aliphatic heterocycles. The molecule has 11 heavy (non-hydrogen) atoms. The van der Waals surface area contributed by atoms with Gasteiger partial charge in [-0.05, 0) is 6.92 Å². The van der Waals surface area contributed by atoms with E-state index in [9.17, 15) is 9.59 Å². The van der Waals surface area contributed by atoms with E-state index < -0.39 is 5.91 Å². The van der Waals surface area contributed by atoms with Crippen LogP contribution >= 0.6 is 0 Å². The average Bonchev–Trinajstić information content (AvgIpc) is 2.46. The Kier molecular flexibility index (Phi) is 4.21. The lowest BCUT2D eigenvalue weighted by Crippen LogP contribution is -2.11. The molecule has 5 nitrogen and oxygen atoms in total. The molecule has 0 aliphatic carbocycles. The Morgan fingerprint density at radius 3 is 2.18 bits per heavy atom. The van der Waals surface area contributed by atoms with E-state index in [-0.39, 0.29) is 25.1 Å². The van der Waals surface area contributed by atoms with Crippen molar-refractivity contribution >= 4 is 11.9 Å². The summed E-state index contributed by atoms with van der Waals surface area (Å²) in [7, 11) is 0. The molecule has 0 bridgehead atoms. The second kappa shape index (κ2) is 4.68. The van der Waals surface area contributed by atoms with Crippen LogP contribution in [-0.4, -0.2) is 29.7 Å². The lowest BCUT2D eigenvalue weighted by molar-refractivity contribution is -0.119. The molecule has 3 N–H and O–H groups in total. The van der Waals surface area contributed by atoms with Gasteiger partial charge in [0.15, 0.2) is 6.10 Å². The summed E-state index contributed by atoms with van der Waals surface area (Å²) in [4.78, 5) is 19.3. The molecule has 0 aromatic rings.